The molecular formula is C22H30N4O2. The van der Waals surface area contributed by atoms with E-state index in [0.717, 1.165) is 68.6 Å². The zero-order valence-electron chi connectivity index (χ0n) is 16.4. The molecule has 0 amide bonds. The summed E-state index contributed by atoms with van der Waals surface area (Å²) in [6.07, 6.45) is 10.9. The van der Waals surface area contributed by atoms with Gasteiger partial charge in [0.15, 0.2) is 0 Å². The standard InChI is InChI=1S/C22H30N4O2/c23-20-13-11-17(15-25-20)19(22(27)28)9-5-3-1-2-4-8-18-12-10-16-7-6-14-24-21(16)26-18/h10-13,15,19H,1-9,14H2,(H2,23,25)(H,24,26)(H,27,28)/t19-/m1/s1. The van der Waals surface area contributed by atoms with Crippen molar-refractivity contribution in [1.29, 1.82) is 0 Å². The molecule has 150 valence electrons. The topological polar surface area (TPSA) is 101 Å². The first-order chi connectivity index (χ1) is 13.6. The summed E-state index contributed by atoms with van der Waals surface area (Å²) >= 11 is 0. The third kappa shape index (κ3) is 5.68. The lowest BCUT2D eigenvalue weighted by Gasteiger charge is -2.17. The van der Waals surface area contributed by atoms with E-state index in [1.54, 1.807) is 18.3 Å². The van der Waals surface area contributed by atoms with Crippen molar-refractivity contribution in [1.82, 2.24) is 9.97 Å². The van der Waals surface area contributed by atoms with Crippen molar-refractivity contribution in [3.05, 3.63) is 47.3 Å². The lowest BCUT2D eigenvalue weighted by molar-refractivity contribution is -0.139. The molecule has 6 heteroatoms. The molecule has 2 aromatic heterocycles. The molecule has 0 aromatic carbocycles. The van der Waals surface area contributed by atoms with E-state index in [0.29, 0.717) is 12.2 Å². The minimum Gasteiger partial charge on any atom is -0.481 e. The maximum atomic E-state index is 11.5. The second kappa shape index (κ2) is 10.1. The summed E-state index contributed by atoms with van der Waals surface area (Å²) in [4.78, 5) is 20.3. The van der Waals surface area contributed by atoms with E-state index >= 15 is 0 Å². The molecule has 3 rings (SSSR count). The number of aryl methyl sites for hydroxylation is 2. The van der Waals surface area contributed by atoms with Crippen LogP contribution in [0.2, 0.25) is 0 Å². The number of nitrogen functional groups attached to an aromatic ring is 1. The second-order valence-corrected chi connectivity index (χ2v) is 7.55. The van der Waals surface area contributed by atoms with Crippen LogP contribution in [0.1, 0.15) is 67.7 Å². The lowest BCUT2D eigenvalue weighted by Crippen LogP contribution is -2.14. The van der Waals surface area contributed by atoms with Gasteiger partial charge < -0.3 is 16.2 Å². The maximum absolute atomic E-state index is 11.5. The number of carbonyl (C=O) groups is 1. The Bertz CT molecular complexity index is 777. The molecule has 1 aliphatic rings. The fourth-order valence-electron chi connectivity index (χ4n) is 3.75. The number of hydrogen-bond donors (Lipinski definition) is 3. The molecule has 2 aromatic rings. The van der Waals surface area contributed by atoms with E-state index < -0.39 is 11.9 Å². The van der Waals surface area contributed by atoms with Crippen molar-refractivity contribution in [2.45, 2.75) is 63.7 Å². The first kappa shape index (κ1) is 20.1. The van der Waals surface area contributed by atoms with E-state index in [4.69, 9.17) is 10.7 Å². The highest BCUT2D eigenvalue weighted by atomic mass is 16.4. The largest absolute Gasteiger partial charge is 0.481 e. The highest BCUT2D eigenvalue weighted by Gasteiger charge is 2.19. The molecule has 0 spiro atoms. The highest BCUT2D eigenvalue weighted by Crippen LogP contribution is 2.24. The normalized spacial score (nSPS) is 14.1. The van der Waals surface area contributed by atoms with Gasteiger partial charge in [-0.25, -0.2) is 9.97 Å². The molecule has 0 saturated heterocycles. The quantitative estimate of drug-likeness (QED) is 0.533. The van der Waals surface area contributed by atoms with Crippen LogP contribution in [-0.2, 0) is 17.6 Å². The summed E-state index contributed by atoms with van der Waals surface area (Å²) in [5.74, 6) is 0.191. The van der Waals surface area contributed by atoms with Gasteiger partial charge in [-0.05, 0) is 55.4 Å². The number of fused-ring (bicyclic) bond motifs is 1. The minimum absolute atomic E-state index is 0.414. The van der Waals surface area contributed by atoms with Gasteiger partial charge in [0.25, 0.3) is 0 Å². The Kier molecular flexibility index (Phi) is 7.23. The summed E-state index contributed by atoms with van der Waals surface area (Å²) in [6, 6.07) is 7.79. The number of nitrogens with zero attached hydrogens (tertiary/aromatic N) is 2. The average Bonchev–Trinajstić information content (AvgIpc) is 2.70. The Labute approximate surface area is 166 Å². The summed E-state index contributed by atoms with van der Waals surface area (Å²) in [7, 11) is 0. The fraction of sp³-hybridized carbons (Fsp3) is 0.500. The van der Waals surface area contributed by atoms with Gasteiger partial charge in [0.05, 0.1) is 5.92 Å². The highest BCUT2D eigenvalue weighted by molar-refractivity contribution is 5.75. The number of aliphatic carboxylic acids is 1. The fourth-order valence-corrected chi connectivity index (χ4v) is 3.75. The van der Waals surface area contributed by atoms with Crippen LogP contribution in [0.25, 0.3) is 0 Å². The summed E-state index contributed by atoms with van der Waals surface area (Å²) in [5.41, 5.74) is 8.81. The number of carboxylic acid groups (broad SMARTS) is 1. The molecule has 0 saturated carbocycles. The van der Waals surface area contributed by atoms with Crippen molar-refractivity contribution in [2.75, 3.05) is 17.6 Å². The van der Waals surface area contributed by atoms with Crippen LogP contribution in [0.3, 0.4) is 0 Å². The first-order valence-electron chi connectivity index (χ1n) is 10.3. The third-order valence-electron chi connectivity index (χ3n) is 5.39. The van der Waals surface area contributed by atoms with Crippen LogP contribution in [0.15, 0.2) is 30.5 Å². The Morgan fingerprint density at radius 2 is 1.96 bits per heavy atom. The summed E-state index contributed by atoms with van der Waals surface area (Å²) in [5, 5.41) is 12.9. The molecule has 1 atom stereocenters. The van der Waals surface area contributed by atoms with Crippen LogP contribution in [-0.4, -0.2) is 27.6 Å². The van der Waals surface area contributed by atoms with Crippen molar-refractivity contribution in [2.24, 2.45) is 0 Å². The molecule has 4 N–H and O–H groups in total. The van der Waals surface area contributed by atoms with Gasteiger partial charge >= 0.3 is 5.97 Å². The Hall–Kier alpha value is -2.63. The third-order valence-corrected chi connectivity index (χ3v) is 5.39. The number of pyridine rings is 2. The molecule has 28 heavy (non-hydrogen) atoms. The number of nitrogens with two attached hydrogens (primary N) is 1. The molecule has 0 fully saturated rings. The van der Waals surface area contributed by atoms with Crippen LogP contribution >= 0.6 is 0 Å². The molecule has 1 aliphatic heterocycles. The summed E-state index contributed by atoms with van der Waals surface area (Å²) < 4.78 is 0. The van der Waals surface area contributed by atoms with E-state index in [1.165, 1.54) is 12.0 Å². The van der Waals surface area contributed by atoms with Crippen LogP contribution < -0.4 is 11.1 Å². The molecule has 3 heterocycles. The monoisotopic (exact) mass is 382 g/mol. The molecule has 0 unspecified atom stereocenters. The van der Waals surface area contributed by atoms with Crippen LogP contribution in [0.5, 0.6) is 0 Å². The van der Waals surface area contributed by atoms with Gasteiger partial charge in [0, 0.05) is 18.4 Å². The second-order valence-electron chi connectivity index (χ2n) is 7.55. The van der Waals surface area contributed by atoms with Crippen molar-refractivity contribution in [3.63, 3.8) is 0 Å². The maximum Gasteiger partial charge on any atom is 0.311 e. The number of aromatic nitrogens is 2. The Balaban J connectivity index is 1.34. The van der Waals surface area contributed by atoms with E-state index in [2.05, 4.69) is 22.4 Å². The summed E-state index contributed by atoms with van der Waals surface area (Å²) in [6.45, 7) is 1.02. The van der Waals surface area contributed by atoms with Gasteiger partial charge in [-0.2, -0.15) is 0 Å². The molecule has 0 bridgehead atoms. The number of unbranched alkanes of at least 4 members (excludes halogenated alkanes) is 4. The van der Waals surface area contributed by atoms with E-state index in [9.17, 15) is 9.90 Å². The van der Waals surface area contributed by atoms with Crippen LogP contribution in [0.4, 0.5) is 11.6 Å². The molecule has 6 nitrogen and oxygen atoms in total. The van der Waals surface area contributed by atoms with Gasteiger partial charge in [0.2, 0.25) is 0 Å². The Morgan fingerprint density at radius 1 is 1.14 bits per heavy atom. The number of anilines is 2. The van der Waals surface area contributed by atoms with E-state index in [-0.39, 0.29) is 0 Å². The molecular weight excluding hydrogens is 352 g/mol. The van der Waals surface area contributed by atoms with Gasteiger partial charge in [-0.15, -0.1) is 0 Å². The van der Waals surface area contributed by atoms with Gasteiger partial charge in [-0.3, -0.25) is 4.79 Å². The van der Waals surface area contributed by atoms with Crippen molar-refractivity contribution in [3.8, 4) is 0 Å². The number of carboxylic acids is 1. The predicted molar refractivity (Wildman–Crippen MR) is 111 cm³/mol. The van der Waals surface area contributed by atoms with Gasteiger partial charge in [0.1, 0.15) is 11.6 Å². The molecule has 0 aliphatic carbocycles. The number of rotatable bonds is 10. The minimum atomic E-state index is -0.793. The predicted octanol–water partition coefficient (Wildman–Crippen LogP) is 4.17. The number of hydrogen-bond acceptors (Lipinski definition) is 5. The smallest absolute Gasteiger partial charge is 0.311 e. The zero-order chi connectivity index (χ0) is 19.8. The van der Waals surface area contributed by atoms with Crippen molar-refractivity contribution < 1.29 is 9.90 Å². The SMILES string of the molecule is Nc1ccc([C@@H](CCCCCCCc2ccc3c(n2)NCCC3)C(=O)O)cn1. The lowest BCUT2D eigenvalue weighted by atomic mass is 9.94. The van der Waals surface area contributed by atoms with Crippen LogP contribution in [0, 0.1) is 0 Å². The molecule has 0 radical (unpaired) electrons. The van der Waals surface area contributed by atoms with Gasteiger partial charge in [-0.1, -0.05) is 37.8 Å². The average molecular weight is 383 g/mol. The van der Waals surface area contributed by atoms with Crippen molar-refractivity contribution >= 4 is 17.6 Å². The Morgan fingerprint density at radius 3 is 2.75 bits per heavy atom. The van der Waals surface area contributed by atoms with E-state index in [1.807, 2.05) is 0 Å². The number of nitrogens with one attached hydrogen (secondary N) is 1. The zero-order valence-corrected chi connectivity index (χ0v) is 16.4. The first-order valence-corrected chi connectivity index (χ1v) is 10.3.